The molecule has 0 saturated heterocycles. The van der Waals surface area contributed by atoms with E-state index in [0.29, 0.717) is 23.7 Å². The van der Waals surface area contributed by atoms with Gasteiger partial charge in [-0.05, 0) is 192 Å². The van der Waals surface area contributed by atoms with Gasteiger partial charge in [-0.2, -0.15) is 0 Å². The van der Waals surface area contributed by atoms with E-state index in [2.05, 4.69) is 46.0 Å². The maximum absolute atomic E-state index is 10.8. The summed E-state index contributed by atoms with van der Waals surface area (Å²) < 4.78 is 21.8. The number of hydrogen-bond acceptors (Lipinski definition) is 10. The number of benzene rings is 6. The van der Waals surface area contributed by atoms with Gasteiger partial charge in [-0.3, -0.25) is 19.1 Å². The maximum atomic E-state index is 10.8. The molecule has 462 valence electrons. The molecule has 1 unspecified atom stereocenters. The van der Waals surface area contributed by atoms with E-state index in [1.807, 2.05) is 161 Å². The summed E-state index contributed by atoms with van der Waals surface area (Å²) in [5.41, 5.74) is 24.0. The van der Waals surface area contributed by atoms with Crippen molar-refractivity contribution in [3.05, 3.63) is 250 Å². The summed E-state index contributed by atoms with van der Waals surface area (Å²) in [5.74, 6) is 5.96. The first-order valence-corrected chi connectivity index (χ1v) is 31.1. The van der Waals surface area contributed by atoms with Crippen molar-refractivity contribution in [2.24, 2.45) is 0 Å². The summed E-state index contributed by atoms with van der Waals surface area (Å²) in [6, 6.07) is 52.5. The van der Waals surface area contributed by atoms with Gasteiger partial charge >= 0.3 is 29.6 Å². The number of anilines is 3. The Labute approximate surface area is 562 Å². The van der Waals surface area contributed by atoms with Crippen molar-refractivity contribution in [1.29, 1.82) is 0 Å². The van der Waals surface area contributed by atoms with Crippen LogP contribution in [0.2, 0.25) is 0 Å². The number of ketones is 1. The third kappa shape index (κ3) is 18.1. The topological polar surface area (TPSA) is 176 Å². The van der Waals surface area contributed by atoms with Crippen LogP contribution in [0.1, 0.15) is 120 Å². The Kier molecular flexibility index (Phi) is 24.8. The van der Waals surface area contributed by atoms with E-state index in [1.54, 1.807) is 27.1 Å². The molecule has 4 N–H and O–H groups in total. The van der Waals surface area contributed by atoms with Crippen LogP contribution >= 0.6 is 0 Å². The molecule has 4 aliphatic carbocycles. The molecule has 9 aromatic rings. The van der Waals surface area contributed by atoms with Crippen LogP contribution < -0.4 is 65.2 Å². The van der Waals surface area contributed by atoms with Gasteiger partial charge in [0.1, 0.15) is 52.0 Å². The second kappa shape index (κ2) is 33.4. The number of allylic oxidation sites excluding steroid dienone is 2. The number of carbonyl (C=O) groups excluding carboxylic acids is 1. The van der Waals surface area contributed by atoms with Crippen molar-refractivity contribution >= 4 is 39.8 Å². The molecule has 0 spiro atoms. The molecule has 0 radical (unpaired) electrons. The van der Waals surface area contributed by atoms with Crippen molar-refractivity contribution in [3.63, 3.8) is 0 Å². The first-order chi connectivity index (χ1) is 44.2. The fraction of sp³-hybridized carbons (Fsp3) is 0.293. The predicted octanol–water partition coefficient (Wildman–Crippen LogP) is 14.4. The number of aryl methyl sites for hydroxylation is 1. The molecule has 0 bridgehead atoms. The SMILES string of the molecule is CC(C)(C)[O-].Nc1ncnc2c3c(n(-c4ccc(Oc5ccccc5)cc4)c12)CCCC3.[C-]#[N+]C1CCCCC1=O.[C-]#[N+]CN(C1=C([N+]#[C-])CCCC1)c1ccc(Oc2ccccc2)cc1.[C-]#[N+]c1c(N)c2c(n1-c1ccc(Oc3ccccc3)cc1)CCCC2.[Na+]. The van der Waals surface area contributed by atoms with Gasteiger partial charge in [0.25, 0.3) is 18.5 Å². The average Bonchev–Trinajstić information content (AvgIpc) is 1.61. The number of hydrogen-bond donors (Lipinski definition) is 2. The maximum Gasteiger partial charge on any atom is 1.00 e. The zero-order valence-electron chi connectivity index (χ0n) is 53.0. The molecular weight excluding hydrogens is 1160 g/mol. The number of rotatable bonds is 11. The van der Waals surface area contributed by atoms with Gasteiger partial charge in [-0.1, -0.05) is 88.4 Å². The zero-order chi connectivity index (χ0) is 64.1. The number of ether oxygens (including phenoxy) is 3. The Hall–Kier alpha value is -9.65. The van der Waals surface area contributed by atoms with E-state index in [-0.39, 0.29) is 48.1 Å². The zero-order valence-corrected chi connectivity index (χ0v) is 55.0. The third-order valence-electron chi connectivity index (χ3n) is 15.7. The van der Waals surface area contributed by atoms with Gasteiger partial charge in [-0.15, -0.1) is 5.60 Å². The fourth-order valence-corrected chi connectivity index (χ4v) is 11.5. The third-order valence-corrected chi connectivity index (χ3v) is 15.7. The Bertz CT molecular complexity index is 4090. The van der Waals surface area contributed by atoms with E-state index >= 15 is 0 Å². The number of para-hydroxylation sites is 3. The predicted molar refractivity (Wildman–Crippen MR) is 359 cm³/mol. The van der Waals surface area contributed by atoms with Crippen LogP contribution in [0.4, 0.5) is 23.0 Å². The molecule has 0 aliphatic heterocycles. The number of nitrogens with two attached hydrogens (primary N) is 2. The second-order valence-electron chi connectivity index (χ2n) is 23.4. The van der Waals surface area contributed by atoms with Gasteiger partial charge in [0.05, 0.1) is 23.5 Å². The minimum atomic E-state index is -0.750. The number of Topliss-reactive ketones (excluding diaryl/α,β-unsaturated/α-hetero) is 1. The first kappa shape index (κ1) is 68.3. The molecular formula is C75H76N11NaO5. The van der Waals surface area contributed by atoms with Crippen molar-refractivity contribution in [1.82, 2.24) is 19.1 Å². The van der Waals surface area contributed by atoms with E-state index in [4.69, 9.17) is 52.0 Å². The van der Waals surface area contributed by atoms with E-state index < -0.39 is 5.60 Å². The molecule has 17 heteroatoms. The molecule has 0 amide bonds. The molecule has 1 atom stereocenters. The van der Waals surface area contributed by atoms with Gasteiger partial charge < -0.3 is 45.0 Å². The summed E-state index contributed by atoms with van der Waals surface area (Å²) in [6.45, 7) is 34.0. The van der Waals surface area contributed by atoms with Crippen LogP contribution in [0.25, 0.3) is 41.8 Å². The van der Waals surface area contributed by atoms with Gasteiger partial charge in [0.2, 0.25) is 5.78 Å². The van der Waals surface area contributed by atoms with E-state index in [9.17, 15) is 9.90 Å². The minimum absolute atomic E-state index is 0. The van der Waals surface area contributed by atoms with Crippen molar-refractivity contribution in [2.45, 2.75) is 135 Å². The van der Waals surface area contributed by atoms with Crippen LogP contribution in [-0.4, -0.2) is 43.2 Å². The standard InChI is InChI=1S/C22H20N4O.2C21H19N3O.C7H9NO.C4H9O.Na/c23-22-21-20(24-14-25-22)18-8-4-5-9-19(18)26(21)15-10-12-17(13-11-15)27-16-6-2-1-3-7-16;1-23-21-20(22)18-9-5-6-10-19(18)24(21)15-11-13-17(14-12-15)25-16-7-3-2-4-8-16;1-22-16-24(21-11-7-6-10-20(21)23-2)17-12-14-19(15-13-17)25-18-8-4-3-5-9-18;1-8-6-4-2-3-5-7(6)9;1-4(2,3)5;/h1-3,6-7,10-14H,4-5,8-9H2,(H2,23,24,25);2-4,7-8,11-14H,5-6,9-10,22H2;3-5,8-9,12-15H,6-7,10-11,16H2;6H,2-5H2;1-3H3;/q;;;;-1;+1. The van der Waals surface area contributed by atoms with Crippen LogP contribution in [0.15, 0.2) is 182 Å². The number of nitrogen functional groups attached to an aromatic ring is 2. The van der Waals surface area contributed by atoms with Crippen LogP contribution in [0.5, 0.6) is 34.5 Å². The average molecular weight is 1230 g/mol. The summed E-state index contributed by atoms with van der Waals surface area (Å²) >= 11 is 0. The monoisotopic (exact) mass is 1230 g/mol. The van der Waals surface area contributed by atoms with Crippen molar-refractivity contribution in [3.8, 4) is 45.9 Å². The summed E-state index contributed by atoms with van der Waals surface area (Å²) in [6.07, 6.45) is 17.5. The quantitative estimate of drug-likeness (QED) is 0.0936. The van der Waals surface area contributed by atoms with Gasteiger partial charge in [-0.25, -0.2) is 28.0 Å². The van der Waals surface area contributed by atoms with Gasteiger partial charge in [0, 0.05) is 47.6 Å². The Morgan fingerprint density at radius 3 is 1.48 bits per heavy atom. The molecule has 3 heterocycles. The van der Waals surface area contributed by atoms with Crippen LogP contribution in [0.3, 0.4) is 0 Å². The molecule has 4 aliphatic rings. The molecule has 3 aromatic heterocycles. The van der Waals surface area contributed by atoms with Crippen molar-refractivity contribution in [2.75, 3.05) is 23.0 Å². The summed E-state index contributed by atoms with van der Waals surface area (Å²) in [4.78, 5) is 35.7. The van der Waals surface area contributed by atoms with Gasteiger partial charge in [0.15, 0.2) is 11.5 Å². The van der Waals surface area contributed by atoms with Crippen molar-refractivity contribution < 1.29 is 53.7 Å². The minimum Gasteiger partial charge on any atom is -0.850 e. The molecule has 1 fully saturated rings. The summed E-state index contributed by atoms with van der Waals surface area (Å²) in [7, 11) is 0. The molecule has 1 saturated carbocycles. The normalized spacial score (nSPS) is 14.6. The Balaban J connectivity index is 0.000000160. The molecule has 92 heavy (non-hydrogen) atoms. The van der Waals surface area contributed by atoms with E-state index in [1.165, 1.54) is 29.8 Å². The molecule has 6 aromatic carbocycles. The number of fused-ring (bicyclic) bond motifs is 4. The molecule has 16 nitrogen and oxygen atoms in total. The Morgan fingerprint density at radius 1 is 0.554 bits per heavy atom. The first-order valence-electron chi connectivity index (χ1n) is 31.1. The molecule has 13 rings (SSSR count). The van der Waals surface area contributed by atoms with E-state index in [0.717, 1.165) is 163 Å². The smallest absolute Gasteiger partial charge is 0.850 e. The second-order valence-corrected chi connectivity index (χ2v) is 23.4. The summed E-state index contributed by atoms with van der Waals surface area (Å²) in [5, 5.41) is 10.1. The number of carbonyl (C=O) groups is 1. The fourth-order valence-electron chi connectivity index (χ4n) is 11.5. The van der Waals surface area contributed by atoms with Crippen LogP contribution in [0, 0.1) is 26.3 Å². The largest absolute Gasteiger partial charge is 1.00 e. The Morgan fingerprint density at radius 2 is 1.00 bits per heavy atom. The number of nitrogens with zero attached hydrogens (tertiary/aromatic N) is 9. The number of aromatic nitrogens is 4. The van der Waals surface area contributed by atoms with Crippen LogP contribution in [-0.2, 0) is 30.5 Å².